The van der Waals surface area contributed by atoms with Crippen LogP contribution in [0.3, 0.4) is 0 Å². The molecule has 0 saturated heterocycles. The second-order valence-corrected chi connectivity index (χ2v) is 4.66. The van der Waals surface area contributed by atoms with Crippen LogP contribution in [-0.2, 0) is 14.3 Å². The van der Waals surface area contributed by atoms with Gasteiger partial charge < -0.3 is 20.5 Å². The minimum Gasteiger partial charge on any atom is -0.397 e. The molecule has 1 aromatic rings. The van der Waals surface area contributed by atoms with Gasteiger partial charge in [-0.3, -0.25) is 4.79 Å². The van der Waals surface area contributed by atoms with E-state index < -0.39 is 0 Å². The highest BCUT2D eigenvalue weighted by molar-refractivity contribution is 6.33. The Bertz CT molecular complexity index is 424. The predicted octanol–water partition coefficient (Wildman–Crippen LogP) is 2.30. The van der Waals surface area contributed by atoms with Crippen molar-refractivity contribution < 1.29 is 14.3 Å². The second-order valence-electron chi connectivity index (χ2n) is 4.26. The lowest BCUT2D eigenvalue weighted by Gasteiger charge is -2.09. The topological polar surface area (TPSA) is 73.6 Å². The number of ether oxygens (including phenoxy) is 2. The average molecular weight is 287 g/mol. The monoisotopic (exact) mass is 286 g/mol. The third kappa shape index (κ3) is 6.42. The molecule has 3 N–H and O–H groups in total. The van der Waals surface area contributed by atoms with Gasteiger partial charge in [0.05, 0.1) is 30.0 Å². The highest BCUT2D eigenvalue weighted by Gasteiger charge is 2.04. The Balaban J connectivity index is 2.25. The molecule has 0 aliphatic rings. The summed E-state index contributed by atoms with van der Waals surface area (Å²) >= 11 is 5.78. The highest BCUT2D eigenvalue weighted by atomic mass is 35.5. The highest BCUT2D eigenvalue weighted by Crippen LogP contribution is 2.22. The van der Waals surface area contributed by atoms with Gasteiger partial charge in [0.1, 0.15) is 6.61 Å². The van der Waals surface area contributed by atoms with Gasteiger partial charge in [0.25, 0.3) is 0 Å². The van der Waals surface area contributed by atoms with E-state index in [1.165, 1.54) is 0 Å². The first-order valence-electron chi connectivity index (χ1n) is 6.03. The van der Waals surface area contributed by atoms with E-state index in [1.807, 2.05) is 13.8 Å². The predicted molar refractivity (Wildman–Crippen MR) is 76.4 cm³/mol. The first-order chi connectivity index (χ1) is 8.99. The zero-order chi connectivity index (χ0) is 14.3. The zero-order valence-electron chi connectivity index (χ0n) is 11.1. The number of halogens is 1. The third-order valence-corrected chi connectivity index (χ3v) is 2.54. The third-order valence-electron chi connectivity index (χ3n) is 2.19. The summed E-state index contributed by atoms with van der Waals surface area (Å²) in [6.45, 7) is 4.71. The molecular weight excluding hydrogens is 268 g/mol. The van der Waals surface area contributed by atoms with E-state index in [1.54, 1.807) is 18.2 Å². The van der Waals surface area contributed by atoms with E-state index in [2.05, 4.69) is 5.32 Å². The van der Waals surface area contributed by atoms with Crippen molar-refractivity contribution in [1.29, 1.82) is 0 Å². The lowest BCUT2D eigenvalue weighted by atomic mass is 10.3. The molecule has 0 spiro atoms. The summed E-state index contributed by atoms with van der Waals surface area (Å²) in [6, 6.07) is 4.91. The van der Waals surface area contributed by atoms with Crippen molar-refractivity contribution >= 4 is 28.9 Å². The number of anilines is 2. The molecule has 0 fully saturated rings. The molecule has 0 saturated carbocycles. The maximum absolute atomic E-state index is 11.6. The first-order valence-corrected chi connectivity index (χ1v) is 6.41. The van der Waals surface area contributed by atoms with Gasteiger partial charge in [-0.25, -0.2) is 0 Å². The number of nitrogens with one attached hydrogen (secondary N) is 1. The van der Waals surface area contributed by atoms with Crippen molar-refractivity contribution in [3.05, 3.63) is 23.2 Å². The average Bonchev–Trinajstić information content (AvgIpc) is 2.33. The summed E-state index contributed by atoms with van der Waals surface area (Å²) in [6.07, 6.45) is 0.162. The lowest BCUT2D eigenvalue weighted by Crippen LogP contribution is -2.20. The smallest absolute Gasteiger partial charge is 0.250 e. The fourth-order valence-corrected chi connectivity index (χ4v) is 1.44. The Kier molecular flexibility index (Phi) is 6.62. The van der Waals surface area contributed by atoms with Crippen molar-refractivity contribution in [2.45, 2.75) is 20.0 Å². The van der Waals surface area contributed by atoms with Gasteiger partial charge >= 0.3 is 0 Å². The van der Waals surface area contributed by atoms with Gasteiger partial charge in [0.15, 0.2) is 0 Å². The van der Waals surface area contributed by atoms with E-state index in [-0.39, 0.29) is 18.6 Å². The second kappa shape index (κ2) is 7.99. The number of hydrogen-bond acceptors (Lipinski definition) is 4. The molecule has 106 valence electrons. The summed E-state index contributed by atoms with van der Waals surface area (Å²) < 4.78 is 10.5. The van der Waals surface area contributed by atoms with Crippen LogP contribution in [0.2, 0.25) is 5.02 Å². The van der Waals surface area contributed by atoms with Crippen molar-refractivity contribution in [3.8, 4) is 0 Å². The Morgan fingerprint density at radius 2 is 2.16 bits per heavy atom. The van der Waals surface area contributed by atoms with Crippen LogP contribution in [0.5, 0.6) is 0 Å². The minimum absolute atomic E-state index is 0.0238. The molecule has 1 aromatic carbocycles. The normalized spacial score (nSPS) is 10.7. The Labute approximate surface area is 118 Å². The molecule has 1 rings (SSSR count). The van der Waals surface area contributed by atoms with Crippen molar-refractivity contribution in [1.82, 2.24) is 0 Å². The Morgan fingerprint density at radius 3 is 2.79 bits per heavy atom. The van der Waals surface area contributed by atoms with Crippen LogP contribution in [0.1, 0.15) is 13.8 Å². The fraction of sp³-hybridized carbons (Fsp3) is 0.462. The molecule has 0 bridgehead atoms. The van der Waals surface area contributed by atoms with Gasteiger partial charge in [0.2, 0.25) is 5.91 Å². The molecule has 0 atom stereocenters. The summed E-state index contributed by atoms with van der Waals surface area (Å²) in [5, 5.41) is 3.12. The summed E-state index contributed by atoms with van der Waals surface area (Å²) in [5.41, 5.74) is 6.65. The van der Waals surface area contributed by atoms with Gasteiger partial charge in [-0.1, -0.05) is 11.6 Å². The molecule has 0 unspecified atom stereocenters. The summed E-state index contributed by atoms with van der Waals surface area (Å²) in [5.74, 6) is -0.244. The fourth-order valence-electron chi connectivity index (χ4n) is 1.33. The van der Waals surface area contributed by atoms with Crippen LogP contribution >= 0.6 is 11.6 Å². The zero-order valence-corrected chi connectivity index (χ0v) is 11.9. The number of nitrogen functional groups attached to an aromatic ring is 1. The van der Waals surface area contributed by atoms with Gasteiger partial charge in [-0.2, -0.15) is 0 Å². The maximum Gasteiger partial charge on any atom is 0.250 e. The van der Waals surface area contributed by atoms with Crippen LogP contribution < -0.4 is 11.1 Å². The number of benzene rings is 1. The van der Waals surface area contributed by atoms with Crippen molar-refractivity contribution in [2.75, 3.05) is 30.9 Å². The number of hydrogen-bond donors (Lipinski definition) is 2. The van der Waals surface area contributed by atoms with Crippen LogP contribution in [0.4, 0.5) is 11.4 Å². The molecule has 0 aromatic heterocycles. The standard InChI is InChI=1S/C13H19ClN2O3/c1-9(2)19-6-5-18-8-13(17)16-10-3-4-11(14)12(15)7-10/h3-4,7,9H,5-6,8,15H2,1-2H3,(H,16,17). The maximum atomic E-state index is 11.6. The summed E-state index contributed by atoms with van der Waals surface area (Å²) in [4.78, 5) is 11.6. The Morgan fingerprint density at radius 1 is 1.42 bits per heavy atom. The van der Waals surface area contributed by atoms with E-state index in [4.69, 9.17) is 26.8 Å². The number of carbonyl (C=O) groups excluding carboxylic acids is 1. The van der Waals surface area contributed by atoms with Gasteiger partial charge in [-0.15, -0.1) is 0 Å². The molecular formula is C13H19ClN2O3. The molecule has 0 aliphatic heterocycles. The SMILES string of the molecule is CC(C)OCCOCC(=O)Nc1ccc(Cl)c(N)c1. The molecule has 0 aliphatic carbocycles. The van der Waals surface area contributed by atoms with Crippen LogP contribution in [0.25, 0.3) is 0 Å². The number of rotatable bonds is 7. The molecule has 1 amide bonds. The minimum atomic E-state index is -0.244. The van der Waals surface area contributed by atoms with Gasteiger partial charge in [-0.05, 0) is 32.0 Å². The van der Waals surface area contributed by atoms with Crippen LogP contribution in [-0.4, -0.2) is 31.8 Å². The largest absolute Gasteiger partial charge is 0.397 e. The van der Waals surface area contributed by atoms with Crippen molar-refractivity contribution in [2.24, 2.45) is 0 Å². The molecule has 6 heteroatoms. The number of carbonyl (C=O) groups is 1. The summed E-state index contributed by atoms with van der Waals surface area (Å²) in [7, 11) is 0. The Hall–Kier alpha value is -1.30. The van der Waals surface area contributed by atoms with E-state index in [9.17, 15) is 4.79 Å². The van der Waals surface area contributed by atoms with E-state index >= 15 is 0 Å². The van der Waals surface area contributed by atoms with Crippen LogP contribution in [0.15, 0.2) is 18.2 Å². The van der Waals surface area contributed by atoms with Crippen LogP contribution in [0, 0.1) is 0 Å². The van der Waals surface area contributed by atoms with E-state index in [0.29, 0.717) is 29.6 Å². The molecule has 0 heterocycles. The first kappa shape index (κ1) is 15.8. The quantitative estimate of drug-likeness (QED) is 0.596. The van der Waals surface area contributed by atoms with E-state index in [0.717, 1.165) is 0 Å². The van der Waals surface area contributed by atoms with Crippen molar-refractivity contribution in [3.63, 3.8) is 0 Å². The molecule has 19 heavy (non-hydrogen) atoms. The molecule has 0 radical (unpaired) electrons. The lowest BCUT2D eigenvalue weighted by molar-refractivity contribution is -0.121. The van der Waals surface area contributed by atoms with Gasteiger partial charge in [0, 0.05) is 5.69 Å². The number of amides is 1. The molecule has 5 nitrogen and oxygen atoms in total. The number of nitrogens with two attached hydrogens (primary N) is 1.